The molecule has 0 radical (unpaired) electrons. The molecule has 1 aliphatic rings. The molecule has 1 aromatic rings. The van der Waals surface area contributed by atoms with Gasteiger partial charge in [-0.1, -0.05) is 5.21 Å². The highest BCUT2D eigenvalue weighted by molar-refractivity contribution is 8.06. The second kappa shape index (κ2) is 8.13. The minimum absolute atomic E-state index is 0.105. The highest BCUT2D eigenvalue weighted by Gasteiger charge is 2.15. The Balaban J connectivity index is 1.61. The van der Waals surface area contributed by atoms with Crippen molar-refractivity contribution in [3.8, 4) is 0 Å². The molecule has 21 heavy (non-hydrogen) atoms. The van der Waals surface area contributed by atoms with Crippen LogP contribution in [-0.4, -0.2) is 67.7 Å². The lowest BCUT2D eigenvalue weighted by atomic mass is 10.4. The Morgan fingerprint density at radius 3 is 2.95 bits per heavy atom. The van der Waals surface area contributed by atoms with Gasteiger partial charge in [-0.25, -0.2) is 14.3 Å². The van der Waals surface area contributed by atoms with Crippen LogP contribution in [0.25, 0.3) is 0 Å². The Hall–Kier alpha value is -1.42. The van der Waals surface area contributed by atoms with Gasteiger partial charge >= 0.3 is 12.0 Å². The maximum Gasteiger partial charge on any atom is 0.358 e. The Morgan fingerprint density at radius 2 is 2.29 bits per heavy atom. The average molecular weight is 331 g/mol. The van der Waals surface area contributed by atoms with Crippen LogP contribution in [0.4, 0.5) is 4.79 Å². The summed E-state index contributed by atoms with van der Waals surface area (Å²) < 4.78 is 1.39. The van der Waals surface area contributed by atoms with Gasteiger partial charge in [0.15, 0.2) is 5.69 Å². The molecule has 2 heterocycles. The van der Waals surface area contributed by atoms with Crippen LogP contribution in [-0.2, 0) is 6.54 Å². The smallest absolute Gasteiger partial charge is 0.358 e. The van der Waals surface area contributed by atoms with Gasteiger partial charge < -0.3 is 15.7 Å². The summed E-state index contributed by atoms with van der Waals surface area (Å²) in [5, 5.41) is 21.9. The van der Waals surface area contributed by atoms with Crippen molar-refractivity contribution in [2.75, 3.05) is 30.3 Å². The molecule has 3 N–H and O–H groups in total. The first-order valence-corrected chi connectivity index (χ1v) is 8.70. The van der Waals surface area contributed by atoms with Crippen molar-refractivity contribution in [2.45, 2.75) is 11.8 Å². The van der Waals surface area contributed by atoms with Crippen molar-refractivity contribution in [3.05, 3.63) is 11.9 Å². The van der Waals surface area contributed by atoms with E-state index >= 15 is 0 Å². The molecule has 2 rings (SSSR count). The number of thioether (sulfide) groups is 2. The van der Waals surface area contributed by atoms with Crippen molar-refractivity contribution in [1.29, 1.82) is 0 Å². The Bertz CT molecular complexity index is 490. The zero-order valence-corrected chi connectivity index (χ0v) is 13.0. The molecule has 0 bridgehead atoms. The van der Waals surface area contributed by atoms with Gasteiger partial charge in [0.05, 0.1) is 12.7 Å². The molecule has 1 aliphatic heterocycles. The van der Waals surface area contributed by atoms with E-state index in [4.69, 9.17) is 5.11 Å². The Labute approximate surface area is 130 Å². The summed E-state index contributed by atoms with van der Waals surface area (Å²) in [7, 11) is 0. The van der Waals surface area contributed by atoms with E-state index in [0.29, 0.717) is 24.9 Å². The third-order valence-electron chi connectivity index (χ3n) is 2.76. The summed E-state index contributed by atoms with van der Waals surface area (Å²) in [5.74, 6) is 2.28. The number of nitrogens with zero attached hydrogens (tertiary/aromatic N) is 3. The molecule has 2 amide bonds. The van der Waals surface area contributed by atoms with Gasteiger partial charge in [-0.15, -0.1) is 5.10 Å². The predicted molar refractivity (Wildman–Crippen MR) is 82.0 cm³/mol. The highest BCUT2D eigenvalue weighted by Crippen LogP contribution is 2.23. The van der Waals surface area contributed by atoms with Gasteiger partial charge in [-0.3, -0.25) is 0 Å². The first kappa shape index (κ1) is 16.0. The van der Waals surface area contributed by atoms with Crippen LogP contribution in [0, 0.1) is 0 Å². The van der Waals surface area contributed by atoms with Gasteiger partial charge in [-0.2, -0.15) is 23.5 Å². The van der Waals surface area contributed by atoms with Crippen LogP contribution < -0.4 is 10.6 Å². The maximum absolute atomic E-state index is 11.6. The summed E-state index contributed by atoms with van der Waals surface area (Å²) in [6.45, 7) is 1.40. The molecule has 1 unspecified atom stereocenters. The number of carboxylic acids is 1. The molecule has 1 fully saturated rings. The second-order valence-electron chi connectivity index (χ2n) is 4.38. The molecule has 1 atom stereocenters. The zero-order valence-electron chi connectivity index (χ0n) is 11.3. The normalized spacial score (nSPS) is 18.2. The third-order valence-corrected chi connectivity index (χ3v) is 5.60. The lowest BCUT2D eigenvalue weighted by Crippen LogP contribution is -2.41. The van der Waals surface area contributed by atoms with Crippen molar-refractivity contribution in [1.82, 2.24) is 25.6 Å². The van der Waals surface area contributed by atoms with Crippen molar-refractivity contribution in [3.63, 3.8) is 0 Å². The fourth-order valence-electron chi connectivity index (χ4n) is 1.71. The van der Waals surface area contributed by atoms with Crippen LogP contribution in [0.3, 0.4) is 0 Å². The van der Waals surface area contributed by atoms with Crippen LogP contribution in [0.5, 0.6) is 0 Å². The van der Waals surface area contributed by atoms with Gasteiger partial charge in [0.25, 0.3) is 0 Å². The fourth-order valence-corrected chi connectivity index (χ4v) is 4.32. The number of hydrogen-bond donors (Lipinski definition) is 3. The molecule has 0 aromatic carbocycles. The summed E-state index contributed by atoms with van der Waals surface area (Å²) in [6.07, 6.45) is 1.33. The topological polar surface area (TPSA) is 109 Å². The number of carbonyl (C=O) groups is 2. The highest BCUT2D eigenvalue weighted by atomic mass is 32.2. The molecular weight excluding hydrogens is 314 g/mol. The van der Waals surface area contributed by atoms with E-state index in [1.165, 1.54) is 16.6 Å². The summed E-state index contributed by atoms with van der Waals surface area (Å²) >= 11 is 3.81. The minimum Gasteiger partial charge on any atom is -0.476 e. The summed E-state index contributed by atoms with van der Waals surface area (Å²) in [4.78, 5) is 22.2. The van der Waals surface area contributed by atoms with E-state index < -0.39 is 5.97 Å². The molecule has 1 aromatic heterocycles. The molecule has 8 nitrogen and oxygen atoms in total. The predicted octanol–water partition coefficient (Wildman–Crippen LogP) is 0.124. The van der Waals surface area contributed by atoms with E-state index in [9.17, 15) is 9.59 Å². The van der Waals surface area contributed by atoms with Gasteiger partial charge in [0.1, 0.15) is 0 Å². The minimum atomic E-state index is -1.12. The van der Waals surface area contributed by atoms with Gasteiger partial charge in [0.2, 0.25) is 0 Å². The molecule has 0 spiro atoms. The number of carbonyl (C=O) groups excluding carboxylic acids is 1. The van der Waals surface area contributed by atoms with Gasteiger partial charge in [-0.05, 0) is 0 Å². The zero-order chi connectivity index (χ0) is 15.1. The number of aromatic nitrogens is 3. The lowest BCUT2D eigenvalue weighted by Gasteiger charge is -2.21. The first-order valence-electron chi connectivity index (χ1n) is 6.49. The quantitative estimate of drug-likeness (QED) is 0.679. The molecule has 1 saturated heterocycles. The Morgan fingerprint density at radius 1 is 1.43 bits per heavy atom. The number of urea groups is 1. The Kier molecular flexibility index (Phi) is 6.18. The van der Waals surface area contributed by atoms with Crippen molar-refractivity contribution < 1.29 is 14.7 Å². The number of nitrogens with one attached hydrogen (secondary N) is 2. The fraction of sp³-hybridized carbons (Fsp3) is 0.636. The van der Waals surface area contributed by atoms with Gasteiger partial charge in [0, 0.05) is 35.6 Å². The number of rotatable bonds is 6. The molecular formula is C11H17N5O3S2. The standard InChI is InChI=1S/C11H17N5O3S2/c17-10(18)9-6-16(15-14-9)2-1-12-11(19)13-5-8-7-20-3-4-21-8/h6,8H,1-5,7H2,(H,17,18)(H2,12,13,19). The van der Waals surface area contributed by atoms with Crippen molar-refractivity contribution in [2.24, 2.45) is 0 Å². The molecule has 10 heteroatoms. The van der Waals surface area contributed by atoms with Crippen LogP contribution >= 0.6 is 23.5 Å². The average Bonchev–Trinajstić information content (AvgIpc) is 2.95. The van der Waals surface area contributed by atoms with E-state index in [-0.39, 0.29) is 11.7 Å². The van der Waals surface area contributed by atoms with E-state index in [1.54, 1.807) is 0 Å². The number of hydrogen-bond acceptors (Lipinski definition) is 6. The largest absolute Gasteiger partial charge is 0.476 e. The first-order chi connectivity index (χ1) is 10.1. The van der Waals surface area contributed by atoms with E-state index in [2.05, 4.69) is 20.9 Å². The van der Waals surface area contributed by atoms with E-state index in [0.717, 1.165) is 11.5 Å². The maximum atomic E-state index is 11.6. The van der Waals surface area contributed by atoms with Crippen LogP contribution in [0.15, 0.2) is 6.20 Å². The number of amides is 2. The van der Waals surface area contributed by atoms with Crippen LogP contribution in [0.1, 0.15) is 10.5 Å². The number of carboxylic acid groups (broad SMARTS) is 1. The molecule has 0 aliphatic carbocycles. The second-order valence-corrected chi connectivity index (χ2v) is 6.93. The lowest BCUT2D eigenvalue weighted by molar-refractivity contribution is 0.0690. The molecule has 0 saturated carbocycles. The SMILES string of the molecule is O=C(NCCn1cc(C(=O)O)nn1)NCC1CSCCS1. The van der Waals surface area contributed by atoms with E-state index in [1.807, 2.05) is 23.5 Å². The van der Waals surface area contributed by atoms with Crippen molar-refractivity contribution >= 4 is 35.5 Å². The summed E-state index contributed by atoms with van der Waals surface area (Å²) in [5.41, 5.74) is -0.105. The molecule has 116 valence electrons. The third kappa shape index (κ3) is 5.46. The van der Waals surface area contributed by atoms with Crippen LogP contribution in [0.2, 0.25) is 0 Å². The number of aromatic carboxylic acids is 1. The summed E-state index contributed by atoms with van der Waals surface area (Å²) in [6, 6.07) is -0.218. The monoisotopic (exact) mass is 331 g/mol.